The molecule has 0 bridgehead atoms. The van der Waals surface area contributed by atoms with Gasteiger partial charge < -0.3 is 5.32 Å². The minimum Gasteiger partial charge on any atom is -0.314 e. The van der Waals surface area contributed by atoms with E-state index in [4.69, 9.17) is 0 Å². The average Bonchev–Trinajstić information content (AvgIpc) is 2.72. The fraction of sp³-hybridized carbons (Fsp3) is 1.00. The number of rotatable bonds is 6. The summed E-state index contributed by atoms with van der Waals surface area (Å²) in [7, 11) is 0. The molecule has 3 atom stereocenters. The summed E-state index contributed by atoms with van der Waals surface area (Å²) in [5, 5.41) is 3.33. The van der Waals surface area contributed by atoms with Gasteiger partial charge >= 0.3 is 6.18 Å². The topological polar surface area (TPSA) is 12.0 Å². The molecule has 1 N–H and O–H groups in total. The highest BCUT2D eigenvalue weighted by Crippen LogP contribution is 2.59. The first-order valence-corrected chi connectivity index (χ1v) is 6.83. The molecule has 0 amide bonds. The van der Waals surface area contributed by atoms with Crippen molar-refractivity contribution in [1.29, 1.82) is 0 Å². The number of halogens is 3. The van der Waals surface area contributed by atoms with Crippen LogP contribution in [-0.4, -0.2) is 18.8 Å². The molecule has 0 aromatic heterocycles. The van der Waals surface area contributed by atoms with Crippen LogP contribution in [0.2, 0.25) is 0 Å². The van der Waals surface area contributed by atoms with Crippen LogP contribution < -0.4 is 5.32 Å². The summed E-state index contributed by atoms with van der Waals surface area (Å²) in [6, 6.07) is 0.104. The van der Waals surface area contributed by atoms with Gasteiger partial charge in [0.15, 0.2) is 0 Å². The van der Waals surface area contributed by atoms with Gasteiger partial charge in [-0.25, -0.2) is 0 Å². The largest absolute Gasteiger partial charge is 0.389 e. The molecule has 4 heteroatoms. The molecular weight excluding hydrogens is 227 g/mol. The lowest BCUT2D eigenvalue weighted by Crippen LogP contribution is -2.34. The normalized spacial score (nSPS) is 33.5. The zero-order valence-electron chi connectivity index (χ0n) is 10.4. The molecule has 3 unspecified atom stereocenters. The maximum Gasteiger partial charge on any atom is 0.389 e. The SMILES string of the molecule is CCCNC(CCC(F)(F)F)C1C2CCCC21. The van der Waals surface area contributed by atoms with Gasteiger partial charge in [0.2, 0.25) is 0 Å². The van der Waals surface area contributed by atoms with E-state index in [2.05, 4.69) is 12.2 Å². The highest BCUT2D eigenvalue weighted by Gasteiger charge is 2.55. The van der Waals surface area contributed by atoms with Gasteiger partial charge in [-0.05, 0) is 50.0 Å². The van der Waals surface area contributed by atoms with E-state index < -0.39 is 12.6 Å². The van der Waals surface area contributed by atoms with E-state index >= 15 is 0 Å². The van der Waals surface area contributed by atoms with Crippen molar-refractivity contribution in [2.24, 2.45) is 17.8 Å². The summed E-state index contributed by atoms with van der Waals surface area (Å²) < 4.78 is 36.9. The number of hydrogen-bond acceptors (Lipinski definition) is 1. The van der Waals surface area contributed by atoms with E-state index in [1.807, 2.05) is 0 Å². The Hall–Kier alpha value is -0.250. The molecule has 0 saturated heterocycles. The number of fused-ring (bicyclic) bond motifs is 1. The molecule has 0 aromatic carbocycles. The third kappa shape index (κ3) is 3.36. The fourth-order valence-electron chi connectivity index (χ4n) is 3.55. The van der Waals surface area contributed by atoms with Crippen molar-refractivity contribution in [1.82, 2.24) is 5.32 Å². The number of nitrogens with one attached hydrogen (secondary N) is 1. The zero-order valence-corrected chi connectivity index (χ0v) is 10.4. The standard InChI is InChI=1S/C13H22F3N/c1-2-8-17-11(6-7-13(14,15)16)12-9-4-3-5-10(9)12/h9-12,17H,2-8H2,1H3. The van der Waals surface area contributed by atoms with Gasteiger partial charge in [0.05, 0.1) is 0 Å². The minimum absolute atomic E-state index is 0.104. The van der Waals surface area contributed by atoms with Crippen LogP contribution in [0.5, 0.6) is 0 Å². The van der Waals surface area contributed by atoms with Gasteiger partial charge in [-0.3, -0.25) is 0 Å². The van der Waals surface area contributed by atoms with Crippen molar-refractivity contribution in [3.05, 3.63) is 0 Å². The molecule has 2 rings (SSSR count). The Morgan fingerprint density at radius 3 is 2.41 bits per heavy atom. The first-order valence-electron chi connectivity index (χ1n) is 6.83. The minimum atomic E-state index is -4.00. The molecular formula is C13H22F3N. The Kier molecular flexibility index (Phi) is 4.01. The molecule has 0 heterocycles. The van der Waals surface area contributed by atoms with E-state index in [1.165, 1.54) is 19.3 Å². The van der Waals surface area contributed by atoms with Gasteiger partial charge in [0.1, 0.15) is 0 Å². The average molecular weight is 249 g/mol. The molecule has 0 radical (unpaired) electrons. The summed E-state index contributed by atoms with van der Waals surface area (Å²) >= 11 is 0. The molecule has 100 valence electrons. The lowest BCUT2D eigenvalue weighted by molar-refractivity contribution is -0.137. The third-order valence-electron chi connectivity index (χ3n) is 4.33. The molecule has 2 saturated carbocycles. The van der Waals surface area contributed by atoms with Crippen LogP contribution in [-0.2, 0) is 0 Å². The summed E-state index contributed by atoms with van der Waals surface area (Å²) in [6.45, 7) is 2.90. The van der Waals surface area contributed by atoms with E-state index in [0.717, 1.165) is 24.8 Å². The molecule has 0 aliphatic heterocycles. The lowest BCUT2D eigenvalue weighted by Gasteiger charge is -2.21. The predicted molar refractivity (Wildman–Crippen MR) is 61.7 cm³/mol. The van der Waals surface area contributed by atoms with E-state index in [1.54, 1.807) is 0 Å². The highest BCUT2D eigenvalue weighted by molar-refractivity contribution is 5.06. The maximum absolute atomic E-state index is 12.3. The second kappa shape index (κ2) is 5.17. The Bertz CT molecular complexity index is 242. The van der Waals surface area contributed by atoms with Crippen molar-refractivity contribution >= 4 is 0 Å². The summed E-state index contributed by atoms with van der Waals surface area (Å²) in [5.74, 6) is 2.01. The summed E-state index contributed by atoms with van der Waals surface area (Å²) in [5.41, 5.74) is 0. The van der Waals surface area contributed by atoms with Crippen LogP contribution in [0.1, 0.15) is 45.4 Å². The van der Waals surface area contributed by atoms with E-state index in [9.17, 15) is 13.2 Å². The van der Waals surface area contributed by atoms with Crippen molar-refractivity contribution in [2.75, 3.05) is 6.54 Å². The van der Waals surface area contributed by atoms with Crippen LogP contribution in [0.4, 0.5) is 13.2 Å². The predicted octanol–water partition coefficient (Wildman–Crippen LogP) is 3.74. The Balaban J connectivity index is 1.81. The molecule has 2 aliphatic rings. The van der Waals surface area contributed by atoms with Gasteiger partial charge in [0.25, 0.3) is 0 Å². The van der Waals surface area contributed by atoms with Gasteiger partial charge in [-0.15, -0.1) is 0 Å². The third-order valence-corrected chi connectivity index (χ3v) is 4.33. The van der Waals surface area contributed by atoms with E-state index in [-0.39, 0.29) is 12.5 Å². The first kappa shape index (κ1) is 13.2. The Morgan fingerprint density at radius 1 is 1.24 bits per heavy atom. The van der Waals surface area contributed by atoms with Gasteiger partial charge in [0, 0.05) is 12.5 Å². The van der Waals surface area contributed by atoms with Gasteiger partial charge in [-0.1, -0.05) is 13.3 Å². The number of hydrogen-bond donors (Lipinski definition) is 1. The van der Waals surface area contributed by atoms with Gasteiger partial charge in [-0.2, -0.15) is 13.2 Å². The molecule has 2 fully saturated rings. The first-order chi connectivity index (χ1) is 8.03. The van der Waals surface area contributed by atoms with Crippen LogP contribution in [0, 0.1) is 17.8 Å². The summed E-state index contributed by atoms with van der Waals surface area (Å²) in [6.07, 6.45) is 0.384. The van der Waals surface area contributed by atoms with Crippen LogP contribution in [0.3, 0.4) is 0 Å². The quantitative estimate of drug-likeness (QED) is 0.756. The van der Waals surface area contributed by atoms with Crippen LogP contribution in [0.25, 0.3) is 0 Å². The van der Waals surface area contributed by atoms with Crippen LogP contribution in [0.15, 0.2) is 0 Å². The molecule has 2 aliphatic carbocycles. The molecule has 1 nitrogen and oxygen atoms in total. The highest BCUT2D eigenvalue weighted by atomic mass is 19.4. The van der Waals surface area contributed by atoms with Crippen LogP contribution >= 0.6 is 0 Å². The van der Waals surface area contributed by atoms with E-state index in [0.29, 0.717) is 5.92 Å². The second-order valence-corrected chi connectivity index (χ2v) is 5.55. The zero-order chi connectivity index (χ0) is 12.5. The summed E-state index contributed by atoms with van der Waals surface area (Å²) in [4.78, 5) is 0. The smallest absolute Gasteiger partial charge is 0.314 e. The molecule has 0 aromatic rings. The Labute approximate surface area is 101 Å². The second-order valence-electron chi connectivity index (χ2n) is 5.55. The fourth-order valence-corrected chi connectivity index (χ4v) is 3.55. The molecule has 17 heavy (non-hydrogen) atoms. The Morgan fingerprint density at radius 2 is 1.88 bits per heavy atom. The molecule has 0 spiro atoms. The number of alkyl halides is 3. The monoisotopic (exact) mass is 249 g/mol. The van der Waals surface area contributed by atoms with Crippen molar-refractivity contribution in [3.8, 4) is 0 Å². The maximum atomic E-state index is 12.3. The lowest BCUT2D eigenvalue weighted by atomic mass is 9.99. The van der Waals surface area contributed by atoms with Crippen molar-refractivity contribution < 1.29 is 13.2 Å². The van der Waals surface area contributed by atoms with Crippen molar-refractivity contribution in [3.63, 3.8) is 0 Å². The van der Waals surface area contributed by atoms with Crippen molar-refractivity contribution in [2.45, 2.75) is 57.7 Å².